The van der Waals surface area contributed by atoms with Crippen molar-refractivity contribution in [3.63, 3.8) is 0 Å². The molecular formula is C21H26N2O3. The summed E-state index contributed by atoms with van der Waals surface area (Å²) < 4.78 is 5.54. The Morgan fingerprint density at radius 1 is 1.00 bits per heavy atom. The van der Waals surface area contributed by atoms with E-state index in [0.29, 0.717) is 5.75 Å². The molecule has 0 aliphatic carbocycles. The maximum atomic E-state index is 12.2. The first-order chi connectivity index (χ1) is 12.3. The Morgan fingerprint density at radius 2 is 1.73 bits per heavy atom. The molecule has 138 valence electrons. The highest BCUT2D eigenvalue weighted by atomic mass is 16.5. The highest BCUT2D eigenvalue weighted by Gasteiger charge is 2.14. The highest BCUT2D eigenvalue weighted by molar-refractivity contribution is 5.95. The molecule has 2 aromatic carbocycles. The summed E-state index contributed by atoms with van der Waals surface area (Å²) in [5, 5.41) is 2.85. The van der Waals surface area contributed by atoms with Gasteiger partial charge in [0.05, 0.1) is 6.54 Å². The van der Waals surface area contributed by atoms with Crippen LogP contribution in [0.3, 0.4) is 0 Å². The van der Waals surface area contributed by atoms with Crippen LogP contribution in [0.5, 0.6) is 5.75 Å². The van der Waals surface area contributed by atoms with Crippen molar-refractivity contribution in [3.05, 3.63) is 58.7 Å². The van der Waals surface area contributed by atoms with Crippen molar-refractivity contribution < 1.29 is 14.3 Å². The van der Waals surface area contributed by atoms with Crippen molar-refractivity contribution in [2.24, 2.45) is 0 Å². The Labute approximate surface area is 155 Å². The lowest BCUT2D eigenvalue weighted by atomic mass is 10.1. The van der Waals surface area contributed by atoms with E-state index in [9.17, 15) is 9.59 Å². The lowest BCUT2D eigenvalue weighted by Gasteiger charge is -2.18. The number of carbonyl (C=O) groups is 2. The Bertz CT molecular complexity index is 815. The van der Waals surface area contributed by atoms with Crippen LogP contribution < -0.4 is 10.1 Å². The number of hydrogen-bond acceptors (Lipinski definition) is 3. The van der Waals surface area contributed by atoms with Crippen LogP contribution in [0.15, 0.2) is 36.4 Å². The van der Waals surface area contributed by atoms with Crippen molar-refractivity contribution in [1.29, 1.82) is 0 Å². The first-order valence-electron chi connectivity index (χ1n) is 8.58. The zero-order valence-corrected chi connectivity index (χ0v) is 16.1. The summed E-state index contributed by atoms with van der Waals surface area (Å²) in [6.07, 6.45) is 0. The SMILES string of the molecule is Cc1ccc(OCC(=O)N(C)CC(=O)Nc2cccc(C)c2C)cc1C. The van der Waals surface area contributed by atoms with Gasteiger partial charge in [-0.2, -0.15) is 0 Å². The van der Waals surface area contributed by atoms with Gasteiger partial charge in [-0.3, -0.25) is 9.59 Å². The molecular weight excluding hydrogens is 328 g/mol. The molecule has 2 amide bonds. The normalized spacial score (nSPS) is 10.3. The molecule has 0 unspecified atom stereocenters. The Balaban J connectivity index is 1.86. The van der Waals surface area contributed by atoms with E-state index in [1.54, 1.807) is 7.05 Å². The van der Waals surface area contributed by atoms with Crippen LogP contribution in [0.1, 0.15) is 22.3 Å². The van der Waals surface area contributed by atoms with E-state index >= 15 is 0 Å². The number of aryl methyl sites for hydroxylation is 3. The van der Waals surface area contributed by atoms with E-state index in [2.05, 4.69) is 5.32 Å². The number of hydrogen-bond donors (Lipinski definition) is 1. The van der Waals surface area contributed by atoms with Crippen LogP contribution in [0, 0.1) is 27.7 Å². The van der Waals surface area contributed by atoms with Crippen molar-refractivity contribution >= 4 is 17.5 Å². The third-order valence-corrected chi connectivity index (χ3v) is 4.53. The molecule has 1 N–H and O–H groups in total. The van der Waals surface area contributed by atoms with E-state index in [-0.39, 0.29) is 25.0 Å². The van der Waals surface area contributed by atoms with Crippen molar-refractivity contribution in [2.45, 2.75) is 27.7 Å². The Hall–Kier alpha value is -2.82. The van der Waals surface area contributed by atoms with Gasteiger partial charge in [-0.15, -0.1) is 0 Å². The van der Waals surface area contributed by atoms with E-state index < -0.39 is 0 Å². The fourth-order valence-corrected chi connectivity index (χ4v) is 2.44. The third-order valence-electron chi connectivity index (χ3n) is 4.53. The van der Waals surface area contributed by atoms with Crippen LogP contribution in [-0.2, 0) is 9.59 Å². The van der Waals surface area contributed by atoms with Crippen LogP contribution in [0.25, 0.3) is 0 Å². The van der Waals surface area contributed by atoms with Crippen molar-refractivity contribution in [3.8, 4) is 5.75 Å². The summed E-state index contributed by atoms with van der Waals surface area (Å²) in [5.41, 5.74) is 5.17. The van der Waals surface area contributed by atoms with Gasteiger partial charge in [-0.05, 0) is 68.1 Å². The van der Waals surface area contributed by atoms with Gasteiger partial charge in [-0.25, -0.2) is 0 Å². The van der Waals surface area contributed by atoms with Gasteiger partial charge < -0.3 is 15.0 Å². The lowest BCUT2D eigenvalue weighted by molar-refractivity contribution is -0.135. The molecule has 0 bridgehead atoms. The summed E-state index contributed by atoms with van der Waals surface area (Å²) in [6.45, 7) is 7.83. The number of carbonyl (C=O) groups excluding carboxylic acids is 2. The van der Waals surface area contributed by atoms with Crippen LogP contribution in [0.2, 0.25) is 0 Å². The molecule has 0 heterocycles. The van der Waals surface area contributed by atoms with Crippen molar-refractivity contribution in [1.82, 2.24) is 4.90 Å². The maximum Gasteiger partial charge on any atom is 0.260 e. The standard InChI is InChI=1S/C21H26N2O3/c1-14-9-10-18(11-16(14)3)26-13-21(25)23(5)12-20(24)22-19-8-6-7-15(2)17(19)4/h6-11H,12-13H2,1-5H3,(H,22,24). The number of nitrogens with one attached hydrogen (secondary N) is 1. The molecule has 2 aromatic rings. The topological polar surface area (TPSA) is 58.6 Å². The predicted octanol–water partition coefficient (Wildman–Crippen LogP) is 3.40. The van der Waals surface area contributed by atoms with E-state index in [1.165, 1.54) is 10.5 Å². The second-order valence-corrected chi connectivity index (χ2v) is 6.58. The first kappa shape index (κ1) is 19.5. The number of likely N-dealkylation sites (N-methyl/N-ethyl adjacent to an activating group) is 1. The average molecular weight is 354 g/mol. The zero-order chi connectivity index (χ0) is 19.3. The molecule has 0 radical (unpaired) electrons. The maximum absolute atomic E-state index is 12.2. The lowest BCUT2D eigenvalue weighted by Crippen LogP contribution is -2.37. The van der Waals surface area contributed by atoms with Gasteiger partial charge in [0.2, 0.25) is 5.91 Å². The highest BCUT2D eigenvalue weighted by Crippen LogP contribution is 2.18. The monoisotopic (exact) mass is 354 g/mol. The molecule has 0 atom stereocenters. The molecule has 0 spiro atoms. The minimum absolute atomic E-state index is 0.0253. The second-order valence-electron chi connectivity index (χ2n) is 6.58. The van der Waals surface area contributed by atoms with Crippen LogP contribution >= 0.6 is 0 Å². The molecule has 0 aliphatic rings. The number of nitrogens with zero attached hydrogens (tertiary/aromatic N) is 1. The number of benzene rings is 2. The quantitative estimate of drug-likeness (QED) is 0.865. The first-order valence-corrected chi connectivity index (χ1v) is 8.58. The Kier molecular flexibility index (Phi) is 6.39. The molecule has 5 heteroatoms. The number of rotatable bonds is 6. The number of amides is 2. The summed E-state index contributed by atoms with van der Waals surface area (Å²) in [7, 11) is 1.59. The molecule has 0 fully saturated rings. The van der Waals surface area contributed by atoms with E-state index in [1.807, 2.05) is 64.1 Å². The Morgan fingerprint density at radius 3 is 2.42 bits per heavy atom. The molecule has 2 rings (SSSR count). The van der Waals surface area contributed by atoms with Gasteiger partial charge in [0.15, 0.2) is 6.61 Å². The van der Waals surface area contributed by atoms with Crippen LogP contribution in [-0.4, -0.2) is 36.9 Å². The summed E-state index contributed by atoms with van der Waals surface area (Å²) >= 11 is 0. The van der Waals surface area contributed by atoms with Gasteiger partial charge in [0, 0.05) is 12.7 Å². The van der Waals surface area contributed by atoms with Crippen LogP contribution in [0.4, 0.5) is 5.69 Å². The minimum Gasteiger partial charge on any atom is -0.484 e. The van der Waals surface area contributed by atoms with E-state index in [0.717, 1.165) is 22.4 Å². The largest absolute Gasteiger partial charge is 0.484 e. The molecule has 0 aromatic heterocycles. The van der Waals surface area contributed by atoms with Gasteiger partial charge in [0.25, 0.3) is 5.91 Å². The van der Waals surface area contributed by atoms with Gasteiger partial charge in [-0.1, -0.05) is 18.2 Å². The summed E-state index contributed by atoms with van der Waals surface area (Å²) in [5.74, 6) is 0.162. The van der Waals surface area contributed by atoms with E-state index in [4.69, 9.17) is 4.74 Å². The third kappa shape index (κ3) is 5.09. The van der Waals surface area contributed by atoms with Crippen molar-refractivity contribution in [2.75, 3.05) is 25.5 Å². The van der Waals surface area contributed by atoms with Gasteiger partial charge >= 0.3 is 0 Å². The van der Waals surface area contributed by atoms with Gasteiger partial charge in [0.1, 0.15) is 5.75 Å². The minimum atomic E-state index is -0.251. The number of ether oxygens (including phenoxy) is 1. The molecule has 26 heavy (non-hydrogen) atoms. The summed E-state index contributed by atoms with van der Waals surface area (Å²) in [4.78, 5) is 25.8. The average Bonchev–Trinajstić information content (AvgIpc) is 2.59. The fourth-order valence-electron chi connectivity index (χ4n) is 2.44. The zero-order valence-electron chi connectivity index (χ0n) is 16.1. The second kappa shape index (κ2) is 8.52. The number of anilines is 1. The molecule has 5 nitrogen and oxygen atoms in total. The fraction of sp³-hybridized carbons (Fsp3) is 0.333. The smallest absolute Gasteiger partial charge is 0.260 e. The molecule has 0 aliphatic heterocycles. The predicted molar refractivity (Wildman–Crippen MR) is 104 cm³/mol. The summed E-state index contributed by atoms with van der Waals surface area (Å²) in [6, 6.07) is 11.4. The molecule has 0 saturated carbocycles. The molecule has 0 saturated heterocycles.